The highest BCUT2D eigenvalue weighted by molar-refractivity contribution is 5.88. The first-order valence-electron chi connectivity index (χ1n) is 11.0. The fourth-order valence-electron chi connectivity index (χ4n) is 5.44. The number of pyridine rings is 1. The fourth-order valence-corrected chi connectivity index (χ4v) is 5.44. The summed E-state index contributed by atoms with van der Waals surface area (Å²) in [6.07, 6.45) is 4.28. The Hall–Kier alpha value is -3.26. The number of hydrogen-bond donors (Lipinski definition) is 2. The van der Waals surface area contributed by atoms with Crippen molar-refractivity contribution in [2.75, 3.05) is 23.8 Å². The number of benzene rings is 1. The second-order valence-corrected chi connectivity index (χ2v) is 9.00. The molecule has 6 rings (SSSR count). The van der Waals surface area contributed by atoms with Crippen LogP contribution in [0, 0.1) is 18.7 Å². The molecule has 3 N–H and O–H groups in total. The van der Waals surface area contributed by atoms with Gasteiger partial charge in [0.2, 0.25) is 0 Å². The number of nitrogens with two attached hydrogens (primary N) is 1. The Morgan fingerprint density at radius 1 is 1.22 bits per heavy atom. The van der Waals surface area contributed by atoms with Gasteiger partial charge in [-0.05, 0) is 61.1 Å². The molecule has 0 spiro atoms. The maximum atomic E-state index is 14.5. The molecule has 1 aliphatic heterocycles. The van der Waals surface area contributed by atoms with E-state index in [0.717, 1.165) is 59.0 Å². The predicted octanol–water partition coefficient (Wildman–Crippen LogP) is 3.65. The third kappa shape index (κ3) is 3.01. The van der Waals surface area contributed by atoms with Gasteiger partial charge in [-0.1, -0.05) is 0 Å². The van der Waals surface area contributed by atoms with Crippen molar-refractivity contribution in [3.05, 3.63) is 53.2 Å². The minimum atomic E-state index is -0.275. The van der Waals surface area contributed by atoms with Gasteiger partial charge in [0.15, 0.2) is 0 Å². The molecule has 0 amide bonds. The van der Waals surface area contributed by atoms with Crippen molar-refractivity contribution in [1.29, 1.82) is 0 Å². The van der Waals surface area contributed by atoms with Crippen LogP contribution in [0.15, 0.2) is 30.5 Å². The van der Waals surface area contributed by atoms with E-state index < -0.39 is 0 Å². The van der Waals surface area contributed by atoms with Gasteiger partial charge in [0.25, 0.3) is 0 Å². The minimum absolute atomic E-state index is 0.237. The lowest BCUT2D eigenvalue weighted by Crippen LogP contribution is -2.41. The fraction of sp³-hybridized carbons (Fsp3) is 0.375. The molecule has 7 nitrogen and oxygen atoms in total. The number of anilines is 2. The highest BCUT2D eigenvalue weighted by atomic mass is 19.1. The molecule has 2 fully saturated rings. The summed E-state index contributed by atoms with van der Waals surface area (Å²) in [5, 5.41) is 3.13. The van der Waals surface area contributed by atoms with Gasteiger partial charge < -0.3 is 20.7 Å². The highest BCUT2D eigenvalue weighted by Gasteiger charge is 2.45. The van der Waals surface area contributed by atoms with E-state index in [9.17, 15) is 4.39 Å². The van der Waals surface area contributed by atoms with Gasteiger partial charge in [0, 0.05) is 49.0 Å². The molecule has 8 heteroatoms. The Kier molecular flexibility index (Phi) is 4.33. The number of aromatic nitrogens is 3. The van der Waals surface area contributed by atoms with Crippen molar-refractivity contribution >= 4 is 11.5 Å². The summed E-state index contributed by atoms with van der Waals surface area (Å²) in [4.78, 5) is 16.2. The average molecular weight is 433 g/mol. The van der Waals surface area contributed by atoms with Crippen molar-refractivity contribution in [2.45, 2.75) is 38.3 Å². The van der Waals surface area contributed by atoms with Crippen LogP contribution >= 0.6 is 0 Å². The van der Waals surface area contributed by atoms with Crippen LogP contribution in [0.5, 0.6) is 11.8 Å². The lowest BCUT2D eigenvalue weighted by Gasteiger charge is -2.32. The van der Waals surface area contributed by atoms with Crippen LogP contribution in [0.1, 0.15) is 29.8 Å². The lowest BCUT2D eigenvalue weighted by atomic mass is 10.0. The third-order valence-corrected chi connectivity index (χ3v) is 7.00. The summed E-state index contributed by atoms with van der Waals surface area (Å²) < 4.78 is 20.5. The van der Waals surface area contributed by atoms with Gasteiger partial charge >= 0.3 is 6.01 Å². The molecule has 164 valence electrons. The van der Waals surface area contributed by atoms with Crippen LogP contribution in [0.4, 0.5) is 15.9 Å². The van der Waals surface area contributed by atoms with E-state index in [-0.39, 0.29) is 17.9 Å². The molecule has 3 aliphatic rings. The van der Waals surface area contributed by atoms with Crippen LogP contribution in [0.2, 0.25) is 0 Å². The van der Waals surface area contributed by atoms with Crippen molar-refractivity contribution in [1.82, 2.24) is 15.0 Å². The monoisotopic (exact) mass is 432 g/mol. The highest BCUT2D eigenvalue weighted by Crippen LogP contribution is 2.48. The molecule has 1 saturated heterocycles. The molecule has 3 heterocycles. The van der Waals surface area contributed by atoms with Crippen molar-refractivity contribution in [3.8, 4) is 22.9 Å². The van der Waals surface area contributed by atoms with Gasteiger partial charge in [0.1, 0.15) is 17.4 Å². The number of nitrogens with zero attached hydrogens (tertiary/aromatic N) is 4. The SMILES string of the molecule is CNc1cc(F)cc2c1Cc1nc(Oc3ccc(C)nc3)nc(N3CC4CC3C[C@H]4N)c1-2. The molecule has 2 bridgehead atoms. The summed E-state index contributed by atoms with van der Waals surface area (Å²) in [7, 11) is 1.81. The Balaban J connectivity index is 1.48. The van der Waals surface area contributed by atoms with Gasteiger partial charge in [-0.25, -0.2) is 4.39 Å². The van der Waals surface area contributed by atoms with E-state index in [2.05, 4.69) is 15.2 Å². The Labute approximate surface area is 185 Å². The Morgan fingerprint density at radius 2 is 2.09 bits per heavy atom. The Bertz CT molecular complexity index is 1210. The van der Waals surface area contributed by atoms with Crippen molar-refractivity contribution < 1.29 is 9.13 Å². The molecule has 0 radical (unpaired) electrons. The van der Waals surface area contributed by atoms with E-state index in [4.69, 9.17) is 20.4 Å². The molecule has 1 aromatic carbocycles. The normalized spacial score (nSPS) is 22.8. The first kappa shape index (κ1) is 19.4. The summed E-state index contributed by atoms with van der Waals surface area (Å²) in [5.74, 6) is 1.58. The molecule has 2 aliphatic carbocycles. The lowest BCUT2D eigenvalue weighted by molar-refractivity contribution is 0.434. The smallest absolute Gasteiger partial charge is 0.324 e. The summed E-state index contributed by atoms with van der Waals surface area (Å²) in [6.45, 7) is 2.78. The first-order chi connectivity index (χ1) is 15.5. The molecular formula is C24H25FN6O. The molecular weight excluding hydrogens is 407 g/mol. The quantitative estimate of drug-likeness (QED) is 0.509. The van der Waals surface area contributed by atoms with Crippen LogP contribution in [0.3, 0.4) is 0 Å². The summed E-state index contributed by atoms with van der Waals surface area (Å²) in [6, 6.07) is 7.74. The molecule has 1 saturated carbocycles. The van der Waals surface area contributed by atoms with Gasteiger partial charge in [-0.15, -0.1) is 0 Å². The average Bonchev–Trinajstić information content (AvgIpc) is 3.46. The van der Waals surface area contributed by atoms with E-state index in [1.807, 2.05) is 26.1 Å². The largest absolute Gasteiger partial charge is 0.423 e. The number of aryl methyl sites for hydroxylation is 1. The number of halogens is 1. The van der Waals surface area contributed by atoms with E-state index in [1.54, 1.807) is 12.3 Å². The third-order valence-electron chi connectivity index (χ3n) is 7.00. The van der Waals surface area contributed by atoms with Crippen LogP contribution in [-0.2, 0) is 6.42 Å². The molecule has 32 heavy (non-hydrogen) atoms. The number of piperidine rings is 1. The van der Waals surface area contributed by atoms with E-state index in [0.29, 0.717) is 24.1 Å². The van der Waals surface area contributed by atoms with E-state index >= 15 is 0 Å². The maximum absolute atomic E-state index is 14.5. The van der Waals surface area contributed by atoms with Gasteiger partial charge in [-0.2, -0.15) is 9.97 Å². The van der Waals surface area contributed by atoms with Crippen molar-refractivity contribution in [2.24, 2.45) is 11.7 Å². The van der Waals surface area contributed by atoms with Crippen LogP contribution in [-0.4, -0.2) is 40.6 Å². The maximum Gasteiger partial charge on any atom is 0.324 e. The zero-order valence-electron chi connectivity index (χ0n) is 18.1. The van der Waals surface area contributed by atoms with Gasteiger partial charge in [-0.3, -0.25) is 4.98 Å². The molecule has 3 atom stereocenters. The summed E-state index contributed by atoms with van der Waals surface area (Å²) in [5.41, 5.74) is 11.6. The van der Waals surface area contributed by atoms with Crippen LogP contribution < -0.4 is 20.7 Å². The Morgan fingerprint density at radius 3 is 2.78 bits per heavy atom. The zero-order valence-corrected chi connectivity index (χ0v) is 18.1. The molecule has 2 aromatic heterocycles. The number of nitrogens with one attached hydrogen (secondary N) is 1. The number of ether oxygens (including phenoxy) is 1. The number of rotatable bonds is 4. The number of fused-ring (bicyclic) bond motifs is 5. The van der Waals surface area contributed by atoms with E-state index in [1.165, 1.54) is 6.07 Å². The standard InChI is InChI=1S/C24H25FN6O/c1-12-3-4-16(10-28-12)32-24-29-21-9-17-18(6-14(25)7-20(17)27-2)22(21)23(30-24)31-11-13-5-15(31)8-19(13)26/h3-4,6-7,10,13,15,19,27H,5,8-9,11,26H2,1-2H3/t13?,15?,19-/m1/s1. The molecule has 2 unspecified atom stereocenters. The minimum Gasteiger partial charge on any atom is -0.423 e. The van der Waals surface area contributed by atoms with Crippen LogP contribution in [0.25, 0.3) is 11.1 Å². The van der Waals surface area contributed by atoms with Crippen molar-refractivity contribution in [3.63, 3.8) is 0 Å². The summed E-state index contributed by atoms with van der Waals surface area (Å²) >= 11 is 0. The second kappa shape index (κ2) is 7.13. The zero-order chi connectivity index (χ0) is 22.0. The molecule has 3 aromatic rings. The second-order valence-electron chi connectivity index (χ2n) is 9.00. The first-order valence-corrected chi connectivity index (χ1v) is 11.0. The topological polar surface area (TPSA) is 89.2 Å². The van der Waals surface area contributed by atoms with Gasteiger partial charge in [0.05, 0.1) is 11.9 Å². The predicted molar refractivity (Wildman–Crippen MR) is 121 cm³/mol. The number of hydrogen-bond acceptors (Lipinski definition) is 7.